The van der Waals surface area contributed by atoms with E-state index in [2.05, 4.69) is 18.7 Å². The van der Waals surface area contributed by atoms with Crippen LogP contribution in [0, 0.1) is 5.41 Å². The summed E-state index contributed by atoms with van der Waals surface area (Å²) in [6, 6.07) is 0.210. The molecule has 2 rings (SSSR count). The molecule has 0 aromatic rings. The second-order valence-corrected chi connectivity index (χ2v) is 5.43. The first-order chi connectivity index (χ1) is 7.15. The van der Waals surface area contributed by atoms with Crippen LogP contribution in [0.15, 0.2) is 0 Å². The highest BCUT2D eigenvalue weighted by Gasteiger charge is 2.46. The summed E-state index contributed by atoms with van der Waals surface area (Å²) in [5.74, 6) is 0. The van der Waals surface area contributed by atoms with Crippen molar-refractivity contribution in [2.45, 2.75) is 45.3 Å². The number of halogens is 1. The van der Waals surface area contributed by atoms with E-state index in [4.69, 9.17) is 4.74 Å². The summed E-state index contributed by atoms with van der Waals surface area (Å²) in [5, 5.41) is 0. The van der Waals surface area contributed by atoms with Gasteiger partial charge in [0.1, 0.15) is 6.67 Å². The predicted octanol–water partition coefficient (Wildman–Crippen LogP) is 2.24. The van der Waals surface area contributed by atoms with E-state index in [9.17, 15) is 4.39 Å². The van der Waals surface area contributed by atoms with Crippen molar-refractivity contribution in [3.05, 3.63) is 0 Å². The fourth-order valence-electron chi connectivity index (χ4n) is 2.18. The van der Waals surface area contributed by atoms with Crippen LogP contribution < -0.4 is 0 Å². The summed E-state index contributed by atoms with van der Waals surface area (Å²) in [6.07, 6.45) is 3.87. The first kappa shape index (κ1) is 11.3. The Morgan fingerprint density at radius 1 is 1.47 bits per heavy atom. The standard InChI is InChI=1S/C12H22FNO/c1-10(2)15-9-12(4-5-12)8-14-6-3-11(14)7-13/h10-11H,3-9H2,1-2H3. The third-order valence-corrected chi connectivity index (χ3v) is 3.66. The van der Waals surface area contributed by atoms with Gasteiger partial charge < -0.3 is 4.74 Å². The molecule has 88 valence electrons. The van der Waals surface area contributed by atoms with Crippen molar-refractivity contribution in [2.75, 3.05) is 26.4 Å². The van der Waals surface area contributed by atoms with Gasteiger partial charge in [0.2, 0.25) is 0 Å². The van der Waals surface area contributed by atoms with Gasteiger partial charge in [0.05, 0.1) is 12.7 Å². The Balaban J connectivity index is 1.73. The van der Waals surface area contributed by atoms with Crippen molar-refractivity contribution >= 4 is 0 Å². The third kappa shape index (κ3) is 2.70. The molecule has 3 heteroatoms. The number of alkyl halides is 1. The summed E-state index contributed by atoms with van der Waals surface area (Å²) in [6.45, 7) is 6.96. The molecule has 2 aliphatic rings. The smallest absolute Gasteiger partial charge is 0.105 e. The van der Waals surface area contributed by atoms with E-state index in [1.54, 1.807) is 0 Å². The van der Waals surface area contributed by atoms with Crippen LogP contribution in [0.3, 0.4) is 0 Å². The maximum atomic E-state index is 12.5. The summed E-state index contributed by atoms with van der Waals surface area (Å²) < 4.78 is 18.2. The molecule has 1 atom stereocenters. The Hall–Kier alpha value is -0.150. The Morgan fingerprint density at radius 2 is 2.20 bits per heavy atom. The number of likely N-dealkylation sites (tertiary alicyclic amines) is 1. The molecule has 2 fully saturated rings. The molecule has 1 aliphatic carbocycles. The SMILES string of the molecule is CC(C)OCC1(CN2CCC2CF)CC1. The minimum atomic E-state index is -0.179. The molecule has 1 aliphatic heterocycles. The molecule has 0 amide bonds. The fourth-order valence-corrected chi connectivity index (χ4v) is 2.18. The maximum Gasteiger partial charge on any atom is 0.105 e. The van der Waals surface area contributed by atoms with Gasteiger partial charge in [-0.3, -0.25) is 4.90 Å². The summed E-state index contributed by atoms with van der Waals surface area (Å²) >= 11 is 0. The highest BCUT2D eigenvalue weighted by Crippen LogP contribution is 2.47. The van der Waals surface area contributed by atoms with Crippen molar-refractivity contribution in [3.8, 4) is 0 Å². The first-order valence-corrected chi connectivity index (χ1v) is 6.07. The summed E-state index contributed by atoms with van der Waals surface area (Å²) in [5.41, 5.74) is 0.373. The van der Waals surface area contributed by atoms with Crippen LogP contribution in [-0.2, 0) is 4.74 Å². The highest BCUT2D eigenvalue weighted by molar-refractivity contribution is 4.98. The van der Waals surface area contributed by atoms with Gasteiger partial charge in [0.25, 0.3) is 0 Å². The largest absolute Gasteiger partial charge is 0.378 e. The number of rotatable bonds is 6. The number of hydrogen-bond acceptors (Lipinski definition) is 2. The molecule has 2 nitrogen and oxygen atoms in total. The molecule has 1 saturated carbocycles. The van der Waals surface area contributed by atoms with Gasteiger partial charge in [-0.25, -0.2) is 4.39 Å². The monoisotopic (exact) mass is 215 g/mol. The van der Waals surface area contributed by atoms with Crippen LogP contribution in [0.4, 0.5) is 4.39 Å². The van der Waals surface area contributed by atoms with Crippen molar-refractivity contribution in [2.24, 2.45) is 5.41 Å². The molecule has 0 aromatic carbocycles. The molecular formula is C12H22FNO. The van der Waals surface area contributed by atoms with E-state index in [0.717, 1.165) is 26.1 Å². The van der Waals surface area contributed by atoms with Gasteiger partial charge in [-0.1, -0.05) is 0 Å². The Morgan fingerprint density at radius 3 is 2.60 bits per heavy atom. The molecule has 1 saturated heterocycles. The van der Waals surface area contributed by atoms with Crippen LogP contribution in [-0.4, -0.2) is 43.4 Å². The van der Waals surface area contributed by atoms with Crippen LogP contribution in [0.1, 0.15) is 33.1 Å². The van der Waals surface area contributed by atoms with E-state index < -0.39 is 0 Å². The van der Waals surface area contributed by atoms with E-state index in [0.29, 0.717) is 11.5 Å². The number of hydrogen-bond donors (Lipinski definition) is 0. The zero-order valence-electron chi connectivity index (χ0n) is 9.84. The Bertz CT molecular complexity index is 214. The molecule has 0 spiro atoms. The number of ether oxygens (including phenoxy) is 1. The molecule has 0 N–H and O–H groups in total. The van der Waals surface area contributed by atoms with Crippen molar-refractivity contribution in [1.29, 1.82) is 0 Å². The fraction of sp³-hybridized carbons (Fsp3) is 1.00. The van der Waals surface area contributed by atoms with Gasteiger partial charge in [-0.2, -0.15) is 0 Å². The van der Waals surface area contributed by atoms with Gasteiger partial charge in [-0.05, 0) is 33.1 Å². The second kappa shape index (κ2) is 4.38. The lowest BCUT2D eigenvalue weighted by atomic mass is 9.99. The Labute approximate surface area is 91.8 Å². The normalized spacial score (nSPS) is 29.2. The van der Waals surface area contributed by atoms with Gasteiger partial charge in [0, 0.05) is 24.5 Å². The molecule has 15 heavy (non-hydrogen) atoms. The average Bonchev–Trinajstić information content (AvgIpc) is 2.91. The topological polar surface area (TPSA) is 12.5 Å². The second-order valence-electron chi connectivity index (χ2n) is 5.43. The lowest BCUT2D eigenvalue weighted by molar-refractivity contribution is -0.00103. The minimum absolute atomic E-state index is 0.179. The lowest BCUT2D eigenvalue weighted by Gasteiger charge is -2.41. The van der Waals surface area contributed by atoms with E-state index in [-0.39, 0.29) is 12.7 Å². The average molecular weight is 215 g/mol. The van der Waals surface area contributed by atoms with Crippen LogP contribution >= 0.6 is 0 Å². The maximum absolute atomic E-state index is 12.5. The quantitative estimate of drug-likeness (QED) is 0.673. The zero-order chi connectivity index (χ0) is 10.9. The van der Waals surface area contributed by atoms with E-state index in [1.807, 2.05) is 0 Å². The molecule has 1 unspecified atom stereocenters. The van der Waals surface area contributed by atoms with Crippen LogP contribution in [0.5, 0.6) is 0 Å². The molecule has 0 radical (unpaired) electrons. The third-order valence-electron chi connectivity index (χ3n) is 3.66. The summed E-state index contributed by atoms with van der Waals surface area (Å²) in [7, 11) is 0. The van der Waals surface area contributed by atoms with Crippen molar-refractivity contribution in [1.82, 2.24) is 4.90 Å². The van der Waals surface area contributed by atoms with E-state index in [1.165, 1.54) is 12.8 Å². The first-order valence-electron chi connectivity index (χ1n) is 6.07. The highest BCUT2D eigenvalue weighted by atomic mass is 19.1. The lowest BCUT2D eigenvalue weighted by Crippen LogP contribution is -2.51. The van der Waals surface area contributed by atoms with Crippen molar-refractivity contribution < 1.29 is 9.13 Å². The number of nitrogens with zero attached hydrogens (tertiary/aromatic N) is 1. The van der Waals surface area contributed by atoms with Gasteiger partial charge in [0.15, 0.2) is 0 Å². The predicted molar refractivity (Wildman–Crippen MR) is 58.7 cm³/mol. The van der Waals surface area contributed by atoms with Crippen LogP contribution in [0.2, 0.25) is 0 Å². The summed E-state index contributed by atoms with van der Waals surface area (Å²) in [4.78, 5) is 2.29. The van der Waals surface area contributed by atoms with Gasteiger partial charge in [-0.15, -0.1) is 0 Å². The molecule has 0 bridgehead atoms. The van der Waals surface area contributed by atoms with Crippen molar-refractivity contribution in [3.63, 3.8) is 0 Å². The molecule has 0 aromatic heterocycles. The Kier molecular flexibility index (Phi) is 3.31. The molecular weight excluding hydrogens is 193 g/mol. The van der Waals surface area contributed by atoms with Crippen LogP contribution in [0.25, 0.3) is 0 Å². The molecule has 1 heterocycles. The zero-order valence-corrected chi connectivity index (χ0v) is 9.84. The van der Waals surface area contributed by atoms with E-state index >= 15 is 0 Å². The van der Waals surface area contributed by atoms with Gasteiger partial charge >= 0.3 is 0 Å². The minimum Gasteiger partial charge on any atom is -0.378 e.